The second kappa shape index (κ2) is 6.18. The summed E-state index contributed by atoms with van der Waals surface area (Å²) in [7, 11) is 0. The molecule has 0 aliphatic rings. The molecule has 0 aromatic heterocycles. The zero-order valence-corrected chi connectivity index (χ0v) is 12.1. The first-order valence-electron chi connectivity index (χ1n) is 6.27. The van der Waals surface area contributed by atoms with Crippen molar-refractivity contribution in [2.24, 2.45) is 5.41 Å². The highest BCUT2D eigenvalue weighted by Crippen LogP contribution is 2.22. The number of esters is 1. The second-order valence-electron chi connectivity index (χ2n) is 6.69. The van der Waals surface area contributed by atoms with Gasteiger partial charge in [0.05, 0.1) is 0 Å². The SMILES string of the molecule is CC(C)(C)CCCCC(=O)C(=O)OC(C)(C)C. The van der Waals surface area contributed by atoms with Crippen LogP contribution in [0, 0.1) is 5.41 Å². The van der Waals surface area contributed by atoms with Crippen molar-refractivity contribution in [2.75, 3.05) is 0 Å². The van der Waals surface area contributed by atoms with E-state index in [0.29, 0.717) is 6.42 Å². The maximum absolute atomic E-state index is 11.5. The minimum atomic E-state index is -0.701. The molecule has 0 atom stereocenters. The van der Waals surface area contributed by atoms with Gasteiger partial charge in [0.1, 0.15) is 5.60 Å². The van der Waals surface area contributed by atoms with Crippen LogP contribution in [0.4, 0.5) is 0 Å². The maximum Gasteiger partial charge on any atom is 0.375 e. The summed E-state index contributed by atoms with van der Waals surface area (Å²) in [6.07, 6.45) is 3.09. The van der Waals surface area contributed by atoms with Crippen molar-refractivity contribution in [1.82, 2.24) is 0 Å². The minimum Gasteiger partial charge on any atom is -0.454 e. The zero-order valence-electron chi connectivity index (χ0n) is 12.1. The summed E-state index contributed by atoms with van der Waals surface area (Å²) in [6.45, 7) is 11.8. The molecule has 0 rings (SSSR count). The molecular formula is C14H26O3. The molecule has 0 N–H and O–H groups in total. The van der Waals surface area contributed by atoms with Gasteiger partial charge >= 0.3 is 5.97 Å². The van der Waals surface area contributed by atoms with Gasteiger partial charge in [0.2, 0.25) is 5.78 Å². The smallest absolute Gasteiger partial charge is 0.375 e. The fourth-order valence-electron chi connectivity index (χ4n) is 1.38. The molecule has 0 bridgehead atoms. The van der Waals surface area contributed by atoms with Gasteiger partial charge < -0.3 is 4.74 Å². The molecule has 0 spiro atoms. The van der Waals surface area contributed by atoms with Gasteiger partial charge in [-0.3, -0.25) is 4.79 Å². The monoisotopic (exact) mass is 242 g/mol. The van der Waals surface area contributed by atoms with Gasteiger partial charge in [-0.1, -0.05) is 27.2 Å². The van der Waals surface area contributed by atoms with Crippen molar-refractivity contribution >= 4 is 11.8 Å². The van der Waals surface area contributed by atoms with Crippen molar-refractivity contribution in [1.29, 1.82) is 0 Å². The Bertz CT molecular complexity index is 266. The molecule has 0 saturated carbocycles. The van der Waals surface area contributed by atoms with E-state index in [1.54, 1.807) is 20.8 Å². The Morgan fingerprint density at radius 2 is 1.47 bits per heavy atom. The molecule has 0 saturated heterocycles. The van der Waals surface area contributed by atoms with Crippen molar-refractivity contribution in [3.8, 4) is 0 Å². The van der Waals surface area contributed by atoms with E-state index >= 15 is 0 Å². The van der Waals surface area contributed by atoms with E-state index in [1.165, 1.54) is 0 Å². The van der Waals surface area contributed by atoms with Gasteiger partial charge in [-0.2, -0.15) is 0 Å². The summed E-state index contributed by atoms with van der Waals surface area (Å²) >= 11 is 0. The fourth-order valence-corrected chi connectivity index (χ4v) is 1.38. The van der Waals surface area contributed by atoms with Crippen LogP contribution >= 0.6 is 0 Å². The molecule has 0 aromatic carbocycles. The Morgan fingerprint density at radius 1 is 0.941 bits per heavy atom. The molecule has 0 aliphatic heterocycles. The van der Waals surface area contributed by atoms with Crippen molar-refractivity contribution < 1.29 is 14.3 Å². The van der Waals surface area contributed by atoms with Crippen LogP contribution in [0.2, 0.25) is 0 Å². The van der Waals surface area contributed by atoms with Crippen LogP contribution in [0.3, 0.4) is 0 Å². The number of carbonyl (C=O) groups is 2. The Labute approximate surface area is 105 Å². The first kappa shape index (κ1) is 16.1. The summed E-state index contributed by atoms with van der Waals surface area (Å²) < 4.78 is 5.01. The number of hydrogen-bond acceptors (Lipinski definition) is 3. The van der Waals surface area contributed by atoms with Crippen LogP contribution in [0.15, 0.2) is 0 Å². The van der Waals surface area contributed by atoms with E-state index in [-0.39, 0.29) is 5.41 Å². The topological polar surface area (TPSA) is 43.4 Å². The van der Waals surface area contributed by atoms with Gasteiger partial charge in [0.25, 0.3) is 0 Å². The zero-order chi connectivity index (χ0) is 13.7. The lowest BCUT2D eigenvalue weighted by atomic mass is 9.89. The van der Waals surface area contributed by atoms with Crippen LogP contribution in [-0.2, 0) is 14.3 Å². The first-order chi connectivity index (χ1) is 7.51. The molecular weight excluding hydrogens is 216 g/mol. The number of hydrogen-bond donors (Lipinski definition) is 0. The highest BCUT2D eigenvalue weighted by molar-refractivity contribution is 6.33. The highest BCUT2D eigenvalue weighted by atomic mass is 16.6. The maximum atomic E-state index is 11.5. The Hall–Kier alpha value is -0.860. The normalized spacial score (nSPS) is 12.4. The number of rotatable bonds is 5. The first-order valence-corrected chi connectivity index (χ1v) is 6.27. The average Bonchev–Trinajstić information content (AvgIpc) is 2.07. The standard InChI is InChI=1S/C14H26O3/c1-13(2,3)10-8-7-9-11(15)12(16)17-14(4,5)6/h7-10H2,1-6H3. The lowest BCUT2D eigenvalue weighted by molar-refractivity contribution is -0.162. The van der Waals surface area contributed by atoms with Gasteiger partial charge in [-0.05, 0) is 39.0 Å². The van der Waals surface area contributed by atoms with E-state index in [1.807, 2.05) is 0 Å². The Balaban J connectivity index is 3.84. The average molecular weight is 242 g/mol. The lowest BCUT2D eigenvalue weighted by Crippen LogP contribution is -2.28. The van der Waals surface area contributed by atoms with Crippen LogP contribution in [-0.4, -0.2) is 17.4 Å². The van der Waals surface area contributed by atoms with Crippen molar-refractivity contribution in [3.05, 3.63) is 0 Å². The van der Waals surface area contributed by atoms with Crippen LogP contribution < -0.4 is 0 Å². The molecule has 3 heteroatoms. The molecule has 0 heterocycles. The summed E-state index contributed by atoms with van der Waals surface area (Å²) in [5, 5.41) is 0. The van der Waals surface area contributed by atoms with E-state index in [9.17, 15) is 9.59 Å². The molecule has 0 aliphatic carbocycles. The Kier molecular flexibility index (Phi) is 5.86. The summed E-state index contributed by atoms with van der Waals surface area (Å²) in [5.41, 5.74) is -0.298. The summed E-state index contributed by atoms with van der Waals surface area (Å²) in [5.74, 6) is -1.11. The van der Waals surface area contributed by atoms with Crippen LogP contribution in [0.5, 0.6) is 0 Å². The molecule has 0 amide bonds. The van der Waals surface area contributed by atoms with Crippen molar-refractivity contribution in [3.63, 3.8) is 0 Å². The summed E-state index contributed by atoms with van der Waals surface area (Å²) in [4.78, 5) is 22.8. The number of ketones is 1. The number of carbonyl (C=O) groups excluding carboxylic acids is 2. The Morgan fingerprint density at radius 3 is 1.88 bits per heavy atom. The number of unbranched alkanes of at least 4 members (excludes halogenated alkanes) is 1. The van der Waals surface area contributed by atoms with Crippen LogP contribution in [0.1, 0.15) is 67.2 Å². The molecule has 100 valence electrons. The fraction of sp³-hybridized carbons (Fsp3) is 0.857. The quantitative estimate of drug-likeness (QED) is 0.421. The van der Waals surface area contributed by atoms with Crippen LogP contribution in [0.25, 0.3) is 0 Å². The predicted molar refractivity (Wildman–Crippen MR) is 68.8 cm³/mol. The molecule has 0 radical (unpaired) electrons. The molecule has 3 nitrogen and oxygen atoms in total. The van der Waals surface area contributed by atoms with Gasteiger partial charge in [-0.15, -0.1) is 0 Å². The third-order valence-electron chi connectivity index (χ3n) is 2.21. The second-order valence-corrected chi connectivity index (χ2v) is 6.69. The number of Topliss-reactive ketones (excluding diaryl/α,β-unsaturated/α-hetero) is 1. The third kappa shape index (κ3) is 10.0. The summed E-state index contributed by atoms with van der Waals surface area (Å²) in [6, 6.07) is 0. The largest absolute Gasteiger partial charge is 0.454 e. The van der Waals surface area contributed by atoms with E-state index < -0.39 is 17.4 Å². The van der Waals surface area contributed by atoms with Gasteiger partial charge in [0.15, 0.2) is 0 Å². The molecule has 0 fully saturated rings. The van der Waals surface area contributed by atoms with Gasteiger partial charge in [-0.25, -0.2) is 4.79 Å². The van der Waals surface area contributed by atoms with Crippen molar-refractivity contribution in [2.45, 2.75) is 72.8 Å². The highest BCUT2D eigenvalue weighted by Gasteiger charge is 2.22. The molecule has 0 unspecified atom stereocenters. The molecule has 0 aromatic rings. The number of ether oxygens (including phenoxy) is 1. The van der Waals surface area contributed by atoms with E-state index in [0.717, 1.165) is 19.3 Å². The van der Waals surface area contributed by atoms with E-state index in [4.69, 9.17) is 4.74 Å². The minimum absolute atomic E-state index is 0.287. The molecule has 17 heavy (non-hydrogen) atoms. The van der Waals surface area contributed by atoms with E-state index in [2.05, 4.69) is 20.8 Å². The van der Waals surface area contributed by atoms with Gasteiger partial charge in [0, 0.05) is 6.42 Å². The lowest BCUT2D eigenvalue weighted by Gasteiger charge is -2.19. The predicted octanol–water partition coefficient (Wildman–Crippen LogP) is 3.50. The third-order valence-corrected chi connectivity index (χ3v) is 2.21.